The maximum absolute atomic E-state index is 11.5. The highest BCUT2D eigenvalue weighted by atomic mass is 35.7. The van der Waals surface area contributed by atoms with Gasteiger partial charge in [-0.05, 0) is 17.7 Å². The van der Waals surface area contributed by atoms with Crippen LogP contribution in [0.2, 0.25) is 0 Å². The van der Waals surface area contributed by atoms with Crippen LogP contribution in [-0.4, -0.2) is 37.0 Å². The molecule has 0 fully saturated rings. The van der Waals surface area contributed by atoms with Crippen LogP contribution in [0, 0.1) is 0 Å². The molecule has 0 aliphatic rings. The highest BCUT2D eigenvalue weighted by molar-refractivity contribution is 8.13. The van der Waals surface area contributed by atoms with Crippen molar-refractivity contribution in [3.63, 3.8) is 0 Å². The average Bonchev–Trinajstić information content (AvgIpc) is 2.41. The Morgan fingerprint density at radius 1 is 1.48 bits per heavy atom. The molecule has 0 aliphatic heterocycles. The molecule has 0 spiro atoms. The van der Waals surface area contributed by atoms with Crippen LogP contribution in [-0.2, 0) is 35.9 Å². The SMILES string of the molecule is COC(=O)c1ccc(CNCOS(=O)[O-])cc1S(=O)(=O)Cl. The molecule has 0 saturated carbocycles. The lowest BCUT2D eigenvalue weighted by Gasteiger charge is -2.10. The van der Waals surface area contributed by atoms with Crippen molar-refractivity contribution in [1.82, 2.24) is 5.32 Å². The van der Waals surface area contributed by atoms with E-state index in [1.54, 1.807) is 0 Å². The summed E-state index contributed by atoms with van der Waals surface area (Å²) in [6, 6.07) is 3.92. The van der Waals surface area contributed by atoms with Gasteiger partial charge in [0.2, 0.25) is 0 Å². The Hall–Kier alpha value is -1.04. The Bertz CT molecular complexity index is 647. The molecule has 0 radical (unpaired) electrons. The van der Waals surface area contributed by atoms with Gasteiger partial charge in [-0.1, -0.05) is 6.07 Å². The second kappa shape index (κ2) is 7.82. The highest BCUT2D eigenvalue weighted by Gasteiger charge is 2.21. The monoisotopic (exact) mass is 356 g/mol. The van der Waals surface area contributed by atoms with Gasteiger partial charge < -0.3 is 9.29 Å². The number of halogens is 1. The normalized spacial score (nSPS) is 12.9. The summed E-state index contributed by atoms with van der Waals surface area (Å²) in [6.45, 7) is -0.171. The first-order valence-corrected chi connectivity index (χ1v) is 8.65. The molecule has 1 rings (SSSR count). The van der Waals surface area contributed by atoms with Crippen molar-refractivity contribution in [2.75, 3.05) is 13.8 Å². The maximum Gasteiger partial charge on any atom is 0.339 e. The molecule has 118 valence electrons. The molecular formula is C10H11ClNO7S2-. The number of nitrogens with one attached hydrogen (secondary N) is 1. The van der Waals surface area contributed by atoms with E-state index in [-0.39, 0.29) is 23.7 Å². The molecule has 1 unspecified atom stereocenters. The minimum atomic E-state index is -4.14. The predicted molar refractivity (Wildman–Crippen MR) is 72.5 cm³/mol. The molecule has 8 nitrogen and oxygen atoms in total. The molecule has 0 heterocycles. The van der Waals surface area contributed by atoms with Crippen LogP contribution >= 0.6 is 10.7 Å². The molecule has 1 N–H and O–H groups in total. The lowest BCUT2D eigenvalue weighted by molar-refractivity contribution is 0.0596. The molecule has 0 aromatic heterocycles. The molecule has 0 amide bonds. The van der Waals surface area contributed by atoms with Crippen molar-refractivity contribution in [1.29, 1.82) is 0 Å². The fraction of sp³-hybridized carbons (Fsp3) is 0.300. The zero-order chi connectivity index (χ0) is 16.0. The summed E-state index contributed by atoms with van der Waals surface area (Å²) in [4.78, 5) is 11.1. The maximum atomic E-state index is 11.5. The van der Waals surface area contributed by atoms with E-state index in [1.807, 2.05) is 0 Å². The summed E-state index contributed by atoms with van der Waals surface area (Å²) in [7, 11) is 2.25. The molecule has 0 bridgehead atoms. The summed E-state index contributed by atoms with van der Waals surface area (Å²) < 4.78 is 51.9. The number of esters is 1. The molecular weight excluding hydrogens is 346 g/mol. The Morgan fingerprint density at radius 2 is 2.14 bits per heavy atom. The van der Waals surface area contributed by atoms with Crippen molar-refractivity contribution in [3.05, 3.63) is 29.3 Å². The van der Waals surface area contributed by atoms with Gasteiger partial charge in [0.15, 0.2) is 0 Å². The number of benzene rings is 1. The van der Waals surface area contributed by atoms with Crippen molar-refractivity contribution >= 4 is 37.1 Å². The first-order chi connectivity index (χ1) is 9.75. The van der Waals surface area contributed by atoms with E-state index in [0.29, 0.717) is 5.56 Å². The predicted octanol–water partition coefficient (Wildman–Crippen LogP) is 0.259. The molecule has 0 aliphatic carbocycles. The van der Waals surface area contributed by atoms with Crippen LogP contribution in [0.5, 0.6) is 0 Å². The van der Waals surface area contributed by atoms with Crippen molar-refractivity contribution in [3.8, 4) is 0 Å². The van der Waals surface area contributed by atoms with Crippen LogP contribution in [0.25, 0.3) is 0 Å². The standard InChI is InChI=1S/C10H12ClNO7S2/c1-18-10(13)8-3-2-7(4-9(8)21(11,16)17)5-12-6-19-20(14)15/h2-4,12H,5-6H2,1H3,(H,14,15)/p-1. The van der Waals surface area contributed by atoms with Crippen LogP contribution in [0.3, 0.4) is 0 Å². The van der Waals surface area contributed by atoms with E-state index in [9.17, 15) is 22.0 Å². The number of carbonyl (C=O) groups excluding carboxylic acids is 1. The van der Waals surface area contributed by atoms with Gasteiger partial charge >= 0.3 is 5.97 Å². The molecule has 1 atom stereocenters. The van der Waals surface area contributed by atoms with Crippen LogP contribution in [0.15, 0.2) is 23.1 Å². The van der Waals surface area contributed by atoms with E-state index in [1.165, 1.54) is 18.2 Å². The van der Waals surface area contributed by atoms with Crippen molar-refractivity contribution in [2.45, 2.75) is 11.4 Å². The summed E-state index contributed by atoms with van der Waals surface area (Å²) in [5.41, 5.74) is 0.273. The van der Waals surface area contributed by atoms with Gasteiger partial charge in [0.25, 0.3) is 9.05 Å². The molecule has 1 aromatic rings. The second-order valence-electron chi connectivity index (χ2n) is 3.65. The third kappa shape index (κ3) is 5.69. The third-order valence-corrected chi connectivity index (χ3v) is 3.97. The highest BCUT2D eigenvalue weighted by Crippen LogP contribution is 2.22. The van der Waals surface area contributed by atoms with Gasteiger partial charge in [0.1, 0.15) is 6.73 Å². The minimum absolute atomic E-state index is 0.109. The van der Waals surface area contributed by atoms with Crippen LogP contribution in [0.1, 0.15) is 15.9 Å². The fourth-order valence-electron chi connectivity index (χ4n) is 1.44. The van der Waals surface area contributed by atoms with Gasteiger partial charge in [-0.3, -0.25) is 9.50 Å². The lowest BCUT2D eigenvalue weighted by atomic mass is 10.1. The van der Waals surface area contributed by atoms with Crippen molar-refractivity contribution in [2.24, 2.45) is 0 Å². The number of rotatable bonds is 7. The van der Waals surface area contributed by atoms with Gasteiger partial charge in [-0.15, -0.1) is 0 Å². The number of ether oxygens (including phenoxy) is 1. The summed E-state index contributed by atoms with van der Waals surface area (Å²) in [6.07, 6.45) is 0. The van der Waals surface area contributed by atoms with Crippen LogP contribution in [0.4, 0.5) is 0 Å². The van der Waals surface area contributed by atoms with E-state index in [2.05, 4.69) is 14.2 Å². The number of hydrogen-bond donors (Lipinski definition) is 1. The molecule has 0 saturated heterocycles. The summed E-state index contributed by atoms with van der Waals surface area (Å²) >= 11 is -2.64. The van der Waals surface area contributed by atoms with Crippen LogP contribution < -0.4 is 5.32 Å². The van der Waals surface area contributed by atoms with Gasteiger partial charge in [0, 0.05) is 17.2 Å². The van der Waals surface area contributed by atoms with E-state index in [4.69, 9.17) is 10.7 Å². The Morgan fingerprint density at radius 3 is 2.67 bits per heavy atom. The quantitative estimate of drug-likeness (QED) is 0.243. The largest absolute Gasteiger partial charge is 0.750 e. The van der Waals surface area contributed by atoms with Gasteiger partial charge in [0.05, 0.1) is 28.9 Å². The van der Waals surface area contributed by atoms with E-state index in [0.717, 1.165) is 7.11 Å². The minimum Gasteiger partial charge on any atom is -0.750 e. The average molecular weight is 357 g/mol. The van der Waals surface area contributed by atoms with Gasteiger partial charge in [-0.25, -0.2) is 17.4 Å². The summed E-state index contributed by atoms with van der Waals surface area (Å²) in [5.74, 6) is -0.834. The Balaban J connectivity index is 2.95. The number of methoxy groups -OCH3 is 1. The lowest BCUT2D eigenvalue weighted by Crippen LogP contribution is -2.18. The number of hydrogen-bond acceptors (Lipinski definition) is 8. The van der Waals surface area contributed by atoms with E-state index >= 15 is 0 Å². The fourth-order valence-corrected chi connectivity index (χ4v) is 2.71. The molecule has 11 heteroatoms. The second-order valence-corrected chi connectivity index (χ2v) is 6.83. The first kappa shape index (κ1) is 18.0. The first-order valence-electron chi connectivity index (χ1n) is 5.35. The topological polar surface area (TPSA) is 122 Å². The zero-order valence-corrected chi connectivity index (χ0v) is 13.1. The zero-order valence-electron chi connectivity index (χ0n) is 10.7. The molecule has 21 heavy (non-hydrogen) atoms. The number of carbonyl (C=O) groups is 1. The molecule has 1 aromatic carbocycles. The van der Waals surface area contributed by atoms with Gasteiger partial charge in [-0.2, -0.15) is 0 Å². The van der Waals surface area contributed by atoms with Crippen molar-refractivity contribution < 1.29 is 30.9 Å². The Kier molecular flexibility index (Phi) is 6.71. The Labute approximate surface area is 128 Å². The summed E-state index contributed by atoms with van der Waals surface area (Å²) in [5, 5.41) is 2.60. The third-order valence-electron chi connectivity index (χ3n) is 2.30. The van der Waals surface area contributed by atoms with E-state index < -0.39 is 26.4 Å². The smallest absolute Gasteiger partial charge is 0.339 e.